The number of carbonyl (C=O) groups is 3. The lowest BCUT2D eigenvalue weighted by molar-refractivity contribution is -0.136. The SMILES string of the molecule is Cn1c(CC(=O)O)c(C(=O)O)c2c1C(=O)C1SCCC1CC2. The molecule has 0 aromatic carbocycles. The maximum Gasteiger partial charge on any atom is 0.337 e. The number of aromatic nitrogens is 1. The second kappa shape index (κ2) is 5.46. The van der Waals surface area contributed by atoms with Gasteiger partial charge in [0, 0.05) is 12.7 Å². The van der Waals surface area contributed by atoms with Crippen LogP contribution in [0.25, 0.3) is 0 Å². The molecule has 3 rings (SSSR count). The first-order chi connectivity index (χ1) is 10.4. The number of rotatable bonds is 3. The number of thioether (sulfide) groups is 1. The van der Waals surface area contributed by atoms with Crippen LogP contribution in [0.3, 0.4) is 0 Å². The van der Waals surface area contributed by atoms with E-state index < -0.39 is 11.9 Å². The quantitative estimate of drug-likeness (QED) is 0.877. The van der Waals surface area contributed by atoms with Gasteiger partial charge in [-0.25, -0.2) is 4.79 Å². The lowest BCUT2D eigenvalue weighted by Crippen LogP contribution is -2.23. The van der Waals surface area contributed by atoms with Crippen LogP contribution in [-0.4, -0.2) is 43.5 Å². The Kier molecular flexibility index (Phi) is 3.76. The van der Waals surface area contributed by atoms with Gasteiger partial charge in [-0.05, 0) is 36.5 Å². The molecule has 2 aliphatic rings. The van der Waals surface area contributed by atoms with E-state index in [1.54, 1.807) is 18.8 Å². The van der Waals surface area contributed by atoms with Crippen molar-refractivity contribution in [3.63, 3.8) is 0 Å². The molecule has 2 N–H and O–H groups in total. The molecule has 1 aliphatic carbocycles. The summed E-state index contributed by atoms with van der Waals surface area (Å²) in [5.74, 6) is -1.04. The molecule has 0 spiro atoms. The van der Waals surface area contributed by atoms with E-state index in [2.05, 4.69) is 0 Å². The number of carbonyl (C=O) groups excluding carboxylic acids is 1. The van der Waals surface area contributed by atoms with Crippen LogP contribution in [-0.2, 0) is 24.7 Å². The van der Waals surface area contributed by atoms with Crippen LogP contribution in [0, 0.1) is 5.92 Å². The maximum atomic E-state index is 12.8. The van der Waals surface area contributed by atoms with Gasteiger partial charge in [0.1, 0.15) is 0 Å². The minimum absolute atomic E-state index is 0.0122. The van der Waals surface area contributed by atoms with E-state index >= 15 is 0 Å². The number of ketones is 1. The van der Waals surface area contributed by atoms with Gasteiger partial charge in [-0.15, -0.1) is 11.8 Å². The average Bonchev–Trinajstić information content (AvgIpc) is 2.96. The number of hydrogen-bond donors (Lipinski definition) is 2. The molecule has 2 atom stereocenters. The van der Waals surface area contributed by atoms with Crippen molar-refractivity contribution >= 4 is 29.5 Å². The number of aliphatic carboxylic acids is 1. The molecule has 2 heterocycles. The largest absolute Gasteiger partial charge is 0.481 e. The van der Waals surface area contributed by atoms with E-state index in [0.717, 1.165) is 18.6 Å². The molecule has 7 heteroatoms. The predicted octanol–water partition coefficient (Wildman–Crippen LogP) is 1.60. The number of Topliss-reactive ketones (excluding diaryl/α,β-unsaturated/α-hetero) is 1. The van der Waals surface area contributed by atoms with Gasteiger partial charge >= 0.3 is 11.9 Å². The van der Waals surface area contributed by atoms with Crippen LogP contribution in [0.4, 0.5) is 0 Å². The second-order valence-corrected chi connectivity index (χ2v) is 7.08. The standard InChI is InChI=1S/C15H17NO5S/c1-16-9(6-10(17)18)11(15(20)21)8-3-2-7-4-5-22-14(7)13(19)12(8)16/h7,14H,2-6H2,1H3,(H,17,18)(H,20,21). The minimum atomic E-state index is -1.15. The summed E-state index contributed by atoms with van der Waals surface area (Å²) < 4.78 is 1.50. The molecule has 2 unspecified atom stereocenters. The summed E-state index contributed by atoms with van der Waals surface area (Å²) in [5.41, 5.74) is 1.14. The molecule has 1 aliphatic heterocycles. The summed E-state index contributed by atoms with van der Waals surface area (Å²) in [4.78, 5) is 35.5. The lowest BCUT2D eigenvalue weighted by Gasteiger charge is -2.14. The fourth-order valence-corrected chi connectivity index (χ4v) is 5.14. The molecule has 0 bridgehead atoms. The molecule has 0 amide bonds. The predicted molar refractivity (Wildman–Crippen MR) is 80.7 cm³/mol. The zero-order valence-corrected chi connectivity index (χ0v) is 13.0. The van der Waals surface area contributed by atoms with Gasteiger partial charge < -0.3 is 14.8 Å². The summed E-state index contributed by atoms with van der Waals surface area (Å²) >= 11 is 1.63. The van der Waals surface area contributed by atoms with E-state index in [9.17, 15) is 19.5 Å². The van der Waals surface area contributed by atoms with Crippen molar-refractivity contribution in [3.05, 3.63) is 22.5 Å². The smallest absolute Gasteiger partial charge is 0.337 e. The summed E-state index contributed by atoms with van der Waals surface area (Å²) in [7, 11) is 1.60. The van der Waals surface area contributed by atoms with Crippen molar-refractivity contribution < 1.29 is 24.6 Å². The molecule has 0 radical (unpaired) electrons. The lowest BCUT2D eigenvalue weighted by atomic mass is 9.95. The molecule has 6 nitrogen and oxygen atoms in total. The zero-order valence-electron chi connectivity index (χ0n) is 12.2. The molecule has 22 heavy (non-hydrogen) atoms. The number of aromatic carboxylic acids is 1. The highest BCUT2D eigenvalue weighted by molar-refractivity contribution is 8.00. The highest BCUT2D eigenvalue weighted by atomic mass is 32.2. The van der Waals surface area contributed by atoms with Crippen LogP contribution in [0.1, 0.15) is 44.9 Å². The molecule has 0 saturated carbocycles. The highest BCUT2D eigenvalue weighted by Gasteiger charge is 2.41. The van der Waals surface area contributed by atoms with Crippen molar-refractivity contribution in [1.29, 1.82) is 0 Å². The van der Waals surface area contributed by atoms with Gasteiger partial charge in [0.15, 0.2) is 5.78 Å². The molecule has 118 valence electrons. The van der Waals surface area contributed by atoms with Crippen LogP contribution in [0.2, 0.25) is 0 Å². The third kappa shape index (κ3) is 2.24. The van der Waals surface area contributed by atoms with Crippen LogP contribution >= 0.6 is 11.8 Å². The van der Waals surface area contributed by atoms with Crippen LogP contribution in [0.15, 0.2) is 0 Å². The molecular formula is C15H17NO5S. The van der Waals surface area contributed by atoms with Crippen molar-refractivity contribution in [3.8, 4) is 0 Å². The summed E-state index contributed by atoms with van der Waals surface area (Å²) in [6.45, 7) is 0. The van der Waals surface area contributed by atoms with E-state index in [4.69, 9.17) is 5.11 Å². The average molecular weight is 323 g/mol. The van der Waals surface area contributed by atoms with Gasteiger partial charge in [-0.3, -0.25) is 9.59 Å². The van der Waals surface area contributed by atoms with Gasteiger partial charge in [0.05, 0.1) is 22.9 Å². The first-order valence-corrected chi connectivity index (χ1v) is 8.28. The maximum absolute atomic E-state index is 12.8. The molecule has 1 fully saturated rings. The summed E-state index contributed by atoms with van der Waals surface area (Å²) in [6.07, 6.45) is 1.91. The first kappa shape index (κ1) is 15.1. The van der Waals surface area contributed by atoms with Gasteiger partial charge in [0.2, 0.25) is 0 Å². The van der Waals surface area contributed by atoms with Crippen molar-refractivity contribution in [2.45, 2.75) is 30.9 Å². The third-order valence-electron chi connectivity index (χ3n) is 4.62. The van der Waals surface area contributed by atoms with E-state index in [0.29, 0.717) is 23.6 Å². The number of carboxylic acids is 2. The number of nitrogens with zero attached hydrogens (tertiary/aromatic N) is 1. The van der Waals surface area contributed by atoms with Crippen molar-refractivity contribution in [2.75, 3.05) is 5.75 Å². The van der Waals surface area contributed by atoms with E-state index in [-0.39, 0.29) is 28.7 Å². The van der Waals surface area contributed by atoms with Gasteiger partial charge in [0.25, 0.3) is 0 Å². The van der Waals surface area contributed by atoms with Crippen molar-refractivity contribution in [1.82, 2.24) is 4.57 Å². The van der Waals surface area contributed by atoms with Gasteiger partial charge in [-0.1, -0.05) is 0 Å². The van der Waals surface area contributed by atoms with Crippen LogP contribution in [0.5, 0.6) is 0 Å². The van der Waals surface area contributed by atoms with Crippen molar-refractivity contribution in [2.24, 2.45) is 13.0 Å². The molecular weight excluding hydrogens is 306 g/mol. The normalized spacial score (nSPS) is 23.8. The first-order valence-electron chi connectivity index (χ1n) is 7.23. The zero-order chi connectivity index (χ0) is 16.0. The Labute approximate surface area is 131 Å². The topological polar surface area (TPSA) is 96.6 Å². The highest BCUT2D eigenvalue weighted by Crippen LogP contribution is 2.42. The van der Waals surface area contributed by atoms with Gasteiger partial charge in [-0.2, -0.15) is 0 Å². The fourth-order valence-electron chi connectivity index (χ4n) is 3.64. The molecule has 1 saturated heterocycles. The third-order valence-corrected chi connectivity index (χ3v) is 6.05. The Morgan fingerprint density at radius 2 is 2.05 bits per heavy atom. The number of hydrogen-bond acceptors (Lipinski definition) is 4. The summed E-state index contributed by atoms with van der Waals surface area (Å²) in [6, 6.07) is 0. The Morgan fingerprint density at radius 3 is 2.68 bits per heavy atom. The minimum Gasteiger partial charge on any atom is -0.481 e. The van der Waals surface area contributed by atoms with E-state index in [1.807, 2.05) is 0 Å². The molecule has 1 aromatic heterocycles. The fraction of sp³-hybridized carbons (Fsp3) is 0.533. The Bertz CT molecular complexity index is 678. The van der Waals surface area contributed by atoms with E-state index in [1.165, 1.54) is 4.57 Å². The monoisotopic (exact) mass is 323 g/mol. The molecule has 1 aromatic rings. The Morgan fingerprint density at radius 1 is 1.32 bits per heavy atom. The summed E-state index contributed by atoms with van der Waals surface area (Å²) in [5, 5.41) is 18.4. The number of carboxylic acid groups (broad SMARTS) is 2. The Hall–Kier alpha value is -1.76. The second-order valence-electron chi connectivity index (χ2n) is 5.83. The number of fused-ring (bicyclic) bond motifs is 2. The Balaban J connectivity index is 2.17. The van der Waals surface area contributed by atoms with Crippen LogP contribution < -0.4 is 0 Å².